The lowest BCUT2D eigenvalue weighted by Crippen LogP contribution is -2.09. The van der Waals surface area contributed by atoms with E-state index in [4.69, 9.17) is 10.5 Å². The predicted octanol–water partition coefficient (Wildman–Crippen LogP) is 1.78. The van der Waals surface area contributed by atoms with Gasteiger partial charge < -0.3 is 10.5 Å². The van der Waals surface area contributed by atoms with Gasteiger partial charge >= 0.3 is 5.97 Å². The average molecular weight is 300 g/mol. The highest BCUT2D eigenvalue weighted by molar-refractivity contribution is 5.89. The van der Waals surface area contributed by atoms with Crippen LogP contribution >= 0.6 is 0 Å². The largest absolute Gasteiger partial charge is 0.464 e. The molecule has 0 saturated carbocycles. The van der Waals surface area contributed by atoms with E-state index in [1.165, 1.54) is 19.4 Å². The molecule has 0 spiro atoms. The monoisotopic (exact) mass is 300 g/mol. The van der Waals surface area contributed by atoms with E-state index in [0.717, 1.165) is 6.20 Å². The number of fused-ring (bicyclic) bond motifs is 1. The molecule has 3 rings (SSSR count). The number of nitrogens with zero attached hydrogens (tertiary/aromatic N) is 3. The van der Waals surface area contributed by atoms with E-state index >= 15 is 0 Å². The summed E-state index contributed by atoms with van der Waals surface area (Å²) in [5.74, 6) is -0.997. The van der Waals surface area contributed by atoms with Crippen molar-refractivity contribution in [2.75, 3.05) is 7.11 Å². The highest BCUT2D eigenvalue weighted by Crippen LogP contribution is 2.26. The smallest absolute Gasteiger partial charge is 0.355 e. The van der Waals surface area contributed by atoms with Crippen molar-refractivity contribution in [3.05, 3.63) is 53.9 Å². The van der Waals surface area contributed by atoms with Crippen LogP contribution in [0.1, 0.15) is 16.2 Å². The number of carbonyl (C=O) groups is 1. The van der Waals surface area contributed by atoms with Gasteiger partial charge in [0.1, 0.15) is 17.2 Å². The molecular weight excluding hydrogens is 287 g/mol. The fourth-order valence-electron chi connectivity index (χ4n) is 2.38. The minimum Gasteiger partial charge on any atom is -0.464 e. The molecule has 0 unspecified atom stereocenters. The van der Waals surface area contributed by atoms with Crippen LogP contribution in [0.15, 0.2) is 36.7 Å². The van der Waals surface area contributed by atoms with Gasteiger partial charge in [-0.3, -0.25) is 9.38 Å². The third-order valence-electron chi connectivity index (χ3n) is 3.28. The number of hydrogen-bond acceptors (Lipinski definition) is 5. The van der Waals surface area contributed by atoms with Crippen molar-refractivity contribution in [1.29, 1.82) is 0 Å². The highest BCUT2D eigenvalue weighted by Gasteiger charge is 2.19. The molecule has 0 aliphatic heterocycles. The molecule has 0 atom stereocenters. The number of rotatable bonds is 3. The van der Waals surface area contributed by atoms with E-state index in [0.29, 0.717) is 22.6 Å². The van der Waals surface area contributed by atoms with Crippen LogP contribution in [0.4, 0.5) is 4.39 Å². The third kappa shape index (κ3) is 2.21. The summed E-state index contributed by atoms with van der Waals surface area (Å²) in [6, 6.07) is 6.37. The lowest BCUT2D eigenvalue weighted by Gasteiger charge is -2.08. The van der Waals surface area contributed by atoms with E-state index in [2.05, 4.69) is 9.97 Å². The van der Waals surface area contributed by atoms with Crippen molar-refractivity contribution >= 4 is 11.6 Å². The van der Waals surface area contributed by atoms with E-state index in [1.54, 1.807) is 22.6 Å². The lowest BCUT2D eigenvalue weighted by molar-refractivity contribution is 0.0592. The summed E-state index contributed by atoms with van der Waals surface area (Å²) in [5, 5.41) is 0. The SMILES string of the molecule is COC(=O)c1cccc2nc(CN)c(-c3cncc(F)c3)n12. The van der Waals surface area contributed by atoms with Gasteiger partial charge in [-0.05, 0) is 18.2 Å². The number of imidazole rings is 1. The normalized spacial score (nSPS) is 10.9. The van der Waals surface area contributed by atoms with Crippen molar-refractivity contribution in [2.45, 2.75) is 6.54 Å². The fourth-order valence-corrected chi connectivity index (χ4v) is 2.38. The van der Waals surface area contributed by atoms with E-state index in [-0.39, 0.29) is 12.2 Å². The molecule has 3 aromatic rings. The Labute approximate surface area is 125 Å². The first-order valence-corrected chi connectivity index (χ1v) is 6.55. The molecule has 0 saturated heterocycles. The van der Waals surface area contributed by atoms with Crippen LogP contribution in [-0.4, -0.2) is 27.4 Å². The van der Waals surface area contributed by atoms with Crippen LogP contribution in [0, 0.1) is 5.82 Å². The first-order valence-electron chi connectivity index (χ1n) is 6.55. The Kier molecular flexibility index (Phi) is 3.56. The number of ether oxygens (including phenoxy) is 1. The van der Waals surface area contributed by atoms with Gasteiger partial charge in [0.2, 0.25) is 0 Å². The van der Waals surface area contributed by atoms with Crippen molar-refractivity contribution in [2.24, 2.45) is 5.73 Å². The molecule has 0 aliphatic carbocycles. The maximum Gasteiger partial charge on any atom is 0.355 e. The molecule has 0 aliphatic rings. The molecule has 2 N–H and O–H groups in total. The second kappa shape index (κ2) is 5.53. The van der Waals surface area contributed by atoms with Crippen molar-refractivity contribution in [3.8, 4) is 11.3 Å². The summed E-state index contributed by atoms with van der Waals surface area (Å²) >= 11 is 0. The molecular formula is C15H13FN4O2. The number of pyridine rings is 2. The maximum absolute atomic E-state index is 13.5. The number of hydrogen-bond donors (Lipinski definition) is 1. The molecule has 3 aromatic heterocycles. The molecule has 0 amide bonds. The molecule has 0 bridgehead atoms. The van der Waals surface area contributed by atoms with Gasteiger partial charge in [-0.2, -0.15) is 0 Å². The molecule has 22 heavy (non-hydrogen) atoms. The number of nitrogens with two attached hydrogens (primary N) is 1. The molecule has 112 valence electrons. The Bertz CT molecular complexity index is 860. The quantitative estimate of drug-likeness (QED) is 0.746. The van der Waals surface area contributed by atoms with Gasteiger partial charge in [0.15, 0.2) is 0 Å². The maximum atomic E-state index is 13.5. The van der Waals surface area contributed by atoms with Crippen LogP contribution in [0.25, 0.3) is 16.9 Å². The molecule has 7 heteroatoms. The zero-order valence-electron chi connectivity index (χ0n) is 11.8. The first kappa shape index (κ1) is 14.2. The summed E-state index contributed by atoms with van der Waals surface area (Å²) in [6.07, 6.45) is 2.61. The summed E-state index contributed by atoms with van der Waals surface area (Å²) in [6.45, 7) is 0.147. The Morgan fingerprint density at radius 2 is 2.23 bits per heavy atom. The second-order valence-electron chi connectivity index (χ2n) is 4.60. The minimum absolute atomic E-state index is 0.147. The van der Waals surface area contributed by atoms with E-state index in [9.17, 15) is 9.18 Å². The summed E-state index contributed by atoms with van der Waals surface area (Å²) in [4.78, 5) is 20.2. The first-order chi connectivity index (χ1) is 10.7. The van der Waals surface area contributed by atoms with Crippen molar-refractivity contribution < 1.29 is 13.9 Å². The third-order valence-corrected chi connectivity index (χ3v) is 3.28. The van der Waals surface area contributed by atoms with Gasteiger partial charge in [0.05, 0.1) is 24.7 Å². The Balaban J connectivity index is 2.38. The number of methoxy groups -OCH3 is 1. The molecule has 0 fully saturated rings. The van der Waals surface area contributed by atoms with Gasteiger partial charge in [0.25, 0.3) is 0 Å². The van der Waals surface area contributed by atoms with Crippen molar-refractivity contribution in [1.82, 2.24) is 14.4 Å². The molecule has 3 heterocycles. The zero-order valence-corrected chi connectivity index (χ0v) is 11.8. The summed E-state index contributed by atoms with van der Waals surface area (Å²) in [7, 11) is 1.30. The average Bonchev–Trinajstić information content (AvgIpc) is 2.92. The Morgan fingerprint density at radius 3 is 2.91 bits per heavy atom. The Morgan fingerprint density at radius 1 is 1.41 bits per heavy atom. The second-order valence-corrected chi connectivity index (χ2v) is 4.60. The topological polar surface area (TPSA) is 82.5 Å². The van der Waals surface area contributed by atoms with Gasteiger partial charge in [-0.1, -0.05) is 6.07 Å². The Hall–Kier alpha value is -2.80. The number of carbonyl (C=O) groups excluding carboxylic acids is 1. The molecule has 6 nitrogen and oxygen atoms in total. The highest BCUT2D eigenvalue weighted by atomic mass is 19.1. The molecule has 0 aromatic carbocycles. The zero-order chi connectivity index (χ0) is 15.7. The van der Waals surface area contributed by atoms with E-state index in [1.807, 2.05) is 0 Å². The van der Waals surface area contributed by atoms with Crippen LogP contribution in [0.3, 0.4) is 0 Å². The number of esters is 1. The summed E-state index contributed by atoms with van der Waals surface area (Å²) in [5.41, 5.74) is 8.12. The number of halogens is 1. The van der Waals surface area contributed by atoms with Crippen LogP contribution in [0.5, 0.6) is 0 Å². The fraction of sp³-hybridized carbons (Fsp3) is 0.133. The van der Waals surface area contributed by atoms with Crippen molar-refractivity contribution in [3.63, 3.8) is 0 Å². The standard InChI is InChI=1S/C15H13FN4O2/c1-22-15(21)12-3-2-4-13-19-11(6-17)14(20(12)13)9-5-10(16)8-18-7-9/h2-5,7-8H,6,17H2,1H3. The predicted molar refractivity (Wildman–Crippen MR) is 77.6 cm³/mol. The minimum atomic E-state index is -0.516. The van der Waals surface area contributed by atoms with Crippen LogP contribution < -0.4 is 5.73 Å². The van der Waals surface area contributed by atoms with Gasteiger partial charge in [-0.25, -0.2) is 14.2 Å². The van der Waals surface area contributed by atoms with Gasteiger partial charge in [-0.15, -0.1) is 0 Å². The lowest BCUT2D eigenvalue weighted by atomic mass is 10.1. The van der Waals surface area contributed by atoms with Gasteiger partial charge in [0, 0.05) is 18.3 Å². The summed E-state index contributed by atoms with van der Waals surface area (Å²) < 4.78 is 19.9. The number of aromatic nitrogens is 3. The van der Waals surface area contributed by atoms with Crippen LogP contribution in [0.2, 0.25) is 0 Å². The van der Waals surface area contributed by atoms with E-state index < -0.39 is 11.8 Å². The van der Waals surface area contributed by atoms with Crippen LogP contribution in [-0.2, 0) is 11.3 Å². The molecule has 0 radical (unpaired) electrons.